The summed E-state index contributed by atoms with van der Waals surface area (Å²) < 4.78 is 23.7. The van der Waals surface area contributed by atoms with E-state index in [-0.39, 0.29) is 27.4 Å². The normalized spacial score (nSPS) is 16.2. The first-order valence-electron chi connectivity index (χ1n) is 8.93. The van der Waals surface area contributed by atoms with Gasteiger partial charge in [-0.15, -0.1) is 0 Å². The Hall–Kier alpha value is -1.89. The number of rotatable bonds is 6. The summed E-state index contributed by atoms with van der Waals surface area (Å²) in [5, 5.41) is 3.07. The van der Waals surface area contributed by atoms with Crippen LogP contribution in [-0.4, -0.2) is 45.1 Å². The topological polar surface area (TPSA) is 66.5 Å². The van der Waals surface area contributed by atoms with Gasteiger partial charge < -0.3 is 5.32 Å². The second-order valence-corrected chi connectivity index (χ2v) is 9.19. The molecule has 1 saturated heterocycles. The molecule has 0 radical (unpaired) electrons. The van der Waals surface area contributed by atoms with Crippen LogP contribution in [0.3, 0.4) is 0 Å². The van der Waals surface area contributed by atoms with Gasteiger partial charge in [0.1, 0.15) is 0 Å². The van der Waals surface area contributed by atoms with Gasteiger partial charge in [-0.25, -0.2) is 8.42 Å². The van der Waals surface area contributed by atoms with E-state index in [0.29, 0.717) is 6.54 Å². The van der Waals surface area contributed by atoms with Crippen molar-refractivity contribution in [2.45, 2.75) is 23.8 Å². The second kappa shape index (κ2) is 8.42. The van der Waals surface area contributed by atoms with E-state index in [0.717, 1.165) is 37.8 Å². The van der Waals surface area contributed by atoms with Gasteiger partial charge in [-0.05, 0) is 49.7 Å². The van der Waals surface area contributed by atoms with E-state index in [1.165, 1.54) is 12.1 Å². The number of hydrogen-bond acceptors (Lipinski definition) is 4. The van der Waals surface area contributed by atoms with E-state index in [1.807, 2.05) is 18.2 Å². The number of benzene rings is 2. The van der Waals surface area contributed by atoms with Crippen molar-refractivity contribution in [3.63, 3.8) is 0 Å². The lowest BCUT2D eigenvalue weighted by molar-refractivity contribution is 0.0937. The maximum absolute atomic E-state index is 12.6. The van der Waals surface area contributed by atoms with Gasteiger partial charge in [0.25, 0.3) is 5.91 Å². The molecule has 1 fully saturated rings. The molecule has 1 unspecified atom stereocenters. The predicted octanol–water partition coefficient (Wildman–Crippen LogP) is 3.31. The van der Waals surface area contributed by atoms with Gasteiger partial charge in [0, 0.05) is 18.4 Å². The first kappa shape index (κ1) is 19.9. The third-order valence-electron chi connectivity index (χ3n) is 4.81. The van der Waals surface area contributed by atoms with Gasteiger partial charge in [-0.1, -0.05) is 41.9 Å². The van der Waals surface area contributed by atoms with Gasteiger partial charge in [0.05, 0.1) is 16.0 Å². The smallest absolute Gasteiger partial charge is 0.251 e. The zero-order valence-corrected chi connectivity index (χ0v) is 16.8. The summed E-state index contributed by atoms with van der Waals surface area (Å²) >= 11 is 5.96. The monoisotopic (exact) mass is 406 g/mol. The largest absolute Gasteiger partial charge is 0.350 e. The number of carbonyl (C=O) groups is 1. The lowest BCUT2D eigenvalue weighted by Crippen LogP contribution is -2.36. The number of hydrogen-bond donors (Lipinski definition) is 1. The number of nitrogens with one attached hydrogen (secondary N) is 1. The third-order valence-corrected chi connectivity index (χ3v) is 6.39. The Kier molecular flexibility index (Phi) is 6.19. The summed E-state index contributed by atoms with van der Waals surface area (Å²) in [5.41, 5.74) is 1.45. The van der Waals surface area contributed by atoms with Crippen LogP contribution >= 0.6 is 11.6 Å². The average molecular weight is 407 g/mol. The molecule has 0 saturated carbocycles. The van der Waals surface area contributed by atoms with Gasteiger partial charge in [0.2, 0.25) is 0 Å². The third kappa shape index (κ3) is 4.89. The molecule has 2 aromatic rings. The van der Waals surface area contributed by atoms with Crippen LogP contribution in [0, 0.1) is 0 Å². The summed E-state index contributed by atoms with van der Waals surface area (Å²) in [6.45, 7) is 2.48. The summed E-state index contributed by atoms with van der Waals surface area (Å²) in [6, 6.07) is 14.5. The Balaban J connectivity index is 1.77. The summed E-state index contributed by atoms with van der Waals surface area (Å²) in [4.78, 5) is 15.0. The van der Waals surface area contributed by atoms with Gasteiger partial charge in [0.15, 0.2) is 9.84 Å². The first-order valence-corrected chi connectivity index (χ1v) is 11.2. The zero-order chi connectivity index (χ0) is 19.4. The number of likely N-dealkylation sites (tertiary alicyclic amines) is 1. The summed E-state index contributed by atoms with van der Waals surface area (Å²) in [5.74, 6) is -0.309. The molecule has 1 N–H and O–H groups in total. The Morgan fingerprint density at radius 1 is 1.15 bits per heavy atom. The van der Waals surface area contributed by atoms with Crippen molar-refractivity contribution in [2.75, 3.05) is 25.9 Å². The fourth-order valence-corrected chi connectivity index (χ4v) is 4.71. The Labute approximate surface area is 165 Å². The highest BCUT2D eigenvalue weighted by atomic mass is 35.5. The molecule has 2 aromatic carbocycles. The van der Waals surface area contributed by atoms with Crippen LogP contribution in [-0.2, 0) is 9.84 Å². The maximum atomic E-state index is 12.6. The number of halogens is 1. The fraction of sp³-hybridized carbons (Fsp3) is 0.350. The molecule has 27 heavy (non-hydrogen) atoms. The molecular weight excluding hydrogens is 384 g/mol. The number of nitrogens with zero attached hydrogens (tertiary/aromatic N) is 1. The van der Waals surface area contributed by atoms with Crippen LogP contribution in [0.1, 0.15) is 34.8 Å². The van der Waals surface area contributed by atoms with E-state index in [4.69, 9.17) is 11.6 Å². The van der Waals surface area contributed by atoms with Crippen molar-refractivity contribution in [3.8, 4) is 0 Å². The molecule has 0 aromatic heterocycles. The SMILES string of the molecule is CS(=O)(=O)c1cc(C(=O)NCC(c2ccccc2)N2CCCC2)ccc1Cl. The Bertz CT molecular complexity index is 910. The molecule has 1 atom stereocenters. The van der Waals surface area contributed by atoms with Crippen LogP contribution in [0.5, 0.6) is 0 Å². The van der Waals surface area contributed by atoms with Gasteiger partial charge in [-0.3, -0.25) is 9.69 Å². The zero-order valence-electron chi connectivity index (χ0n) is 15.2. The minimum Gasteiger partial charge on any atom is -0.350 e. The van der Waals surface area contributed by atoms with Crippen LogP contribution in [0.4, 0.5) is 0 Å². The number of carbonyl (C=O) groups excluding carboxylic acids is 1. The molecular formula is C20H23ClN2O3S. The molecule has 0 bridgehead atoms. The highest BCUT2D eigenvalue weighted by Gasteiger charge is 2.24. The summed E-state index contributed by atoms with van der Waals surface area (Å²) in [7, 11) is -3.50. The van der Waals surface area contributed by atoms with Crippen LogP contribution < -0.4 is 5.32 Å². The molecule has 3 rings (SSSR count). The fourth-order valence-electron chi connectivity index (χ4n) is 3.41. The highest BCUT2D eigenvalue weighted by Crippen LogP contribution is 2.25. The van der Waals surface area contributed by atoms with Crippen molar-refractivity contribution < 1.29 is 13.2 Å². The molecule has 1 aliphatic heterocycles. The van der Waals surface area contributed by atoms with Crippen LogP contribution in [0.2, 0.25) is 5.02 Å². The molecule has 7 heteroatoms. The van der Waals surface area contributed by atoms with Gasteiger partial charge >= 0.3 is 0 Å². The minimum absolute atomic E-state index is 0.0315. The molecule has 1 aliphatic rings. The standard InChI is InChI=1S/C20H23ClN2O3S/c1-27(25,26)19-13-16(9-10-17(19)21)20(24)22-14-18(23-11-5-6-12-23)15-7-3-2-4-8-15/h2-4,7-10,13,18H,5-6,11-12,14H2,1H3,(H,22,24). The highest BCUT2D eigenvalue weighted by molar-refractivity contribution is 7.90. The van der Waals surface area contributed by atoms with Crippen molar-refractivity contribution in [1.82, 2.24) is 10.2 Å². The number of amides is 1. The lowest BCUT2D eigenvalue weighted by Gasteiger charge is -2.28. The average Bonchev–Trinajstić information content (AvgIpc) is 3.16. The van der Waals surface area contributed by atoms with Crippen molar-refractivity contribution in [3.05, 3.63) is 64.7 Å². The second-order valence-electron chi connectivity index (χ2n) is 6.80. The molecule has 1 amide bonds. The van der Waals surface area contributed by atoms with Gasteiger partial charge in [-0.2, -0.15) is 0 Å². The minimum atomic E-state index is -3.50. The van der Waals surface area contributed by atoms with Crippen LogP contribution in [0.15, 0.2) is 53.4 Å². The molecule has 5 nitrogen and oxygen atoms in total. The quantitative estimate of drug-likeness (QED) is 0.799. The van der Waals surface area contributed by atoms with Crippen molar-refractivity contribution >= 4 is 27.3 Å². The Morgan fingerprint density at radius 2 is 1.81 bits per heavy atom. The van der Waals surface area contributed by atoms with E-state index in [2.05, 4.69) is 22.3 Å². The van der Waals surface area contributed by atoms with E-state index < -0.39 is 9.84 Å². The van der Waals surface area contributed by atoms with E-state index in [1.54, 1.807) is 6.07 Å². The van der Waals surface area contributed by atoms with Crippen molar-refractivity contribution in [1.29, 1.82) is 0 Å². The Morgan fingerprint density at radius 3 is 2.44 bits per heavy atom. The molecule has 0 aliphatic carbocycles. The molecule has 1 heterocycles. The van der Waals surface area contributed by atoms with E-state index in [9.17, 15) is 13.2 Å². The number of sulfone groups is 1. The predicted molar refractivity (Wildman–Crippen MR) is 107 cm³/mol. The lowest BCUT2D eigenvalue weighted by atomic mass is 10.1. The van der Waals surface area contributed by atoms with Crippen LogP contribution in [0.25, 0.3) is 0 Å². The van der Waals surface area contributed by atoms with Crippen molar-refractivity contribution in [2.24, 2.45) is 0 Å². The maximum Gasteiger partial charge on any atom is 0.251 e. The molecule has 144 valence electrons. The molecule has 0 spiro atoms. The summed E-state index contributed by atoms with van der Waals surface area (Å²) in [6.07, 6.45) is 3.40. The van der Waals surface area contributed by atoms with E-state index >= 15 is 0 Å². The first-order chi connectivity index (χ1) is 12.9.